The number of rotatable bonds is 3. The highest BCUT2D eigenvalue weighted by atomic mass is 16.5. The molecule has 1 aromatic carbocycles. The van der Waals surface area contributed by atoms with Gasteiger partial charge in [-0.2, -0.15) is 0 Å². The Labute approximate surface area is 170 Å². The number of urea groups is 1. The number of benzene rings is 1. The molecule has 8 nitrogen and oxygen atoms in total. The second-order valence-electron chi connectivity index (χ2n) is 7.81. The Hall–Kier alpha value is -2.61. The lowest BCUT2D eigenvalue weighted by molar-refractivity contribution is -0.143. The maximum Gasteiger partial charge on any atom is 0.317 e. The van der Waals surface area contributed by atoms with Crippen molar-refractivity contribution < 1.29 is 19.1 Å². The minimum atomic E-state index is -0.307. The topological polar surface area (TPSA) is 82.2 Å². The molecule has 3 heterocycles. The summed E-state index contributed by atoms with van der Waals surface area (Å²) in [6, 6.07) is 9.11. The van der Waals surface area contributed by atoms with Crippen LogP contribution in [0.5, 0.6) is 0 Å². The number of ether oxygens (including phenoxy) is 1. The van der Waals surface area contributed by atoms with Crippen molar-refractivity contribution in [1.29, 1.82) is 0 Å². The Kier molecular flexibility index (Phi) is 5.71. The first kappa shape index (κ1) is 19.7. The summed E-state index contributed by atoms with van der Waals surface area (Å²) >= 11 is 0. The molecule has 156 valence electrons. The zero-order valence-corrected chi connectivity index (χ0v) is 16.8. The van der Waals surface area contributed by atoms with Gasteiger partial charge in [0, 0.05) is 26.2 Å². The number of piperazine rings is 1. The molecule has 8 heteroatoms. The Morgan fingerprint density at radius 3 is 2.55 bits per heavy atom. The third-order valence-electron chi connectivity index (χ3n) is 6.04. The van der Waals surface area contributed by atoms with Gasteiger partial charge < -0.3 is 24.8 Å². The van der Waals surface area contributed by atoms with Crippen molar-refractivity contribution in [3.05, 3.63) is 35.9 Å². The molecule has 4 amide bonds. The van der Waals surface area contributed by atoms with Crippen LogP contribution in [0.25, 0.3) is 0 Å². The Bertz CT molecular complexity index is 765. The first-order valence-corrected chi connectivity index (χ1v) is 10.4. The fraction of sp³-hybridized carbons (Fsp3) is 0.571. The van der Waals surface area contributed by atoms with E-state index < -0.39 is 0 Å². The number of nitrogens with zero attached hydrogens (tertiary/aromatic N) is 3. The quantitative estimate of drug-likeness (QED) is 0.816. The van der Waals surface area contributed by atoms with E-state index in [2.05, 4.69) is 5.32 Å². The van der Waals surface area contributed by atoms with Gasteiger partial charge in [-0.25, -0.2) is 4.79 Å². The van der Waals surface area contributed by atoms with E-state index in [1.165, 1.54) is 0 Å². The minimum Gasteiger partial charge on any atom is -0.378 e. The van der Waals surface area contributed by atoms with Crippen molar-refractivity contribution in [2.75, 3.05) is 45.9 Å². The fourth-order valence-corrected chi connectivity index (χ4v) is 4.76. The summed E-state index contributed by atoms with van der Waals surface area (Å²) in [5.74, 6) is -0.328. The van der Waals surface area contributed by atoms with Crippen molar-refractivity contribution >= 4 is 17.8 Å². The van der Waals surface area contributed by atoms with Crippen LogP contribution in [0.2, 0.25) is 0 Å². The van der Waals surface area contributed by atoms with Crippen LogP contribution in [0.3, 0.4) is 0 Å². The van der Waals surface area contributed by atoms with Gasteiger partial charge in [0.25, 0.3) is 0 Å². The molecule has 4 rings (SSSR count). The predicted molar refractivity (Wildman–Crippen MR) is 106 cm³/mol. The van der Waals surface area contributed by atoms with Crippen LogP contribution < -0.4 is 5.32 Å². The van der Waals surface area contributed by atoms with E-state index in [1.807, 2.05) is 47.1 Å². The molecule has 3 aliphatic rings. The van der Waals surface area contributed by atoms with Gasteiger partial charge in [-0.15, -0.1) is 0 Å². The number of fused-ring (bicyclic) bond motifs is 1. The number of amides is 4. The van der Waals surface area contributed by atoms with Crippen LogP contribution in [-0.2, 0) is 14.3 Å². The summed E-state index contributed by atoms with van der Waals surface area (Å²) in [5.41, 5.74) is 0.974. The van der Waals surface area contributed by atoms with Crippen LogP contribution in [0.4, 0.5) is 4.79 Å². The molecule has 0 spiro atoms. The van der Waals surface area contributed by atoms with E-state index in [0.717, 1.165) is 5.56 Å². The predicted octanol–water partition coefficient (Wildman–Crippen LogP) is 0.849. The smallest absolute Gasteiger partial charge is 0.317 e. The molecule has 3 aliphatic heterocycles. The monoisotopic (exact) mass is 400 g/mol. The minimum absolute atomic E-state index is 0.0458. The second kappa shape index (κ2) is 8.41. The lowest BCUT2D eigenvalue weighted by Crippen LogP contribution is -2.57. The van der Waals surface area contributed by atoms with Gasteiger partial charge in [0.1, 0.15) is 6.54 Å². The van der Waals surface area contributed by atoms with Crippen molar-refractivity contribution in [2.24, 2.45) is 5.92 Å². The summed E-state index contributed by atoms with van der Waals surface area (Å²) in [7, 11) is 0. The molecule has 0 saturated carbocycles. The zero-order chi connectivity index (χ0) is 20.4. The van der Waals surface area contributed by atoms with E-state index >= 15 is 0 Å². The zero-order valence-electron chi connectivity index (χ0n) is 16.8. The third-order valence-corrected chi connectivity index (χ3v) is 6.04. The fourth-order valence-electron chi connectivity index (χ4n) is 4.76. The Morgan fingerprint density at radius 1 is 1.14 bits per heavy atom. The molecular weight excluding hydrogens is 372 g/mol. The van der Waals surface area contributed by atoms with Gasteiger partial charge >= 0.3 is 6.03 Å². The number of carbonyl (C=O) groups excluding carboxylic acids is 3. The van der Waals surface area contributed by atoms with Crippen LogP contribution in [0.15, 0.2) is 30.3 Å². The summed E-state index contributed by atoms with van der Waals surface area (Å²) in [4.78, 5) is 44.1. The SMILES string of the molecule is CCNC(=O)N1CC(=O)N2[C@@H](C[C@H](C(=O)N3CCOCC3)[C@@H]2c2ccccc2)C1. The number of nitrogens with one attached hydrogen (secondary N) is 1. The standard InChI is InChI=1S/C21H28N4O4/c1-2-22-21(28)24-13-16-12-17(20(27)23-8-10-29-11-9-23)19(25(16)18(26)14-24)15-6-4-3-5-7-15/h3-7,16-17,19H,2,8-14H2,1H3,(H,22,28)/t16-,17-,19-/m0/s1. The van der Waals surface area contributed by atoms with Gasteiger partial charge in [0.15, 0.2) is 0 Å². The summed E-state index contributed by atoms with van der Waals surface area (Å²) in [6.45, 7) is 5.13. The van der Waals surface area contributed by atoms with Crippen molar-refractivity contribution in [3.63, 3.8) is 0 Å². The normalized spacial score (nSPS) is 27.0. The molecule has 0 aliphatic carbocycles. The van der Waals surface area contributed by atoms with Gasteiger partial charge in [-0.05, 0) is 18.9 Å². The summed E-state index contributed by atoms with van der Waals surface area (Å²) < 4.78 is 5.39. The van der Waals surface area contributed by atoms with Gasteiger partial charge in [0.05, 0.1) is 31.2 Å². The van der Waals surface area contributed by atoms with Crippen molar-refractivity contribution in [1.82, 2.24) is 20.0 Å². The molecule has 1 N–H and O–H groups in total. The molecular formula is C21H28N4O4. The van der Waals surface area contributed by atoms with Crippen molar-refractivity contribution in [3.8, 4) is 0 Å². The maximum absolute atomic E-state index is 13.4. The molecule has 1 aromatic rings. The molecule has 0 aromatic heterocycles. The average Bonchev–Trinajstić information content (AvgIpc) is 3.14. The van der Waals surface area contributed by atoms with E-state index in [1.54, 1.807) is 4.90 Å². The van der Waals surface area contributed by atoms with Gasteiger partial charge in [0.2, 0.25) is 11.8 Å². The molecule has 0 unspecified atom stereocenters. The molecule has 3 saturated heterocycles. The average molecular weight is 400 g/mol. The van der Waals surface area contributed by atoms with E-state index in [-0.39, 0.29) is 42.4 Å². The molecule has 0 bridgehead atoms. The van der Waals surface area contributed by atoms with Crippen LogP contribution in [-0.4, -0.2) is 84.5 Å². The number of morpholine rings is 1. The largest absolute Gasteiger partial charge is 0.378 e. The molecule has 0 radical (unpaired) electrons. The van der Waals surface area contributed by atoms with Crippen LogP contribution >= 0.6 is 0 Å². The molecule has 3 atom stereocenters. The number of hydrogen-bond acceptors (Lipinski definition) is 4. The number of carbonyl (C=O) groups is 3. The summed E-state index contributed by atoms with van der Waals surface area (Å²) in [5, 5.41) is 2.77. The van der Waals surface area contributed by atoms with Crippen molar-refractivity contribution in [2.45, 2.75) is 25.4 Å². The first-order chi connectivity index (χ1) is 14.1. The van der Waals surface area contributed by atoms with Crippen LogP contribution in [0.1, 0.15) is 24.9 Å². The lowest BCUT2D eigenvalue weighted by Gasteiger charge is -2.40. The van der Waals surface area contributed by atoms with E-state index in [9.17, 15) is 14.4 Å². The highest BCUT2D eigenvalue weighted by Gasteiger charge is 2.51. The Balaban J connectivity index is 1.62. The van der Waals surface area contributed by atoms with Gasteiger partial charge in [-0.1, -0.05) is 30.3 Å². The highest BCUT2D eigenvalue weighted by Crippen LogP contribution is 2.43. The summed E-state index contributed by atoms with van der Waals surface area (Å²) in [6.07, 6.45) is 0.567. The molecule has 3 fully saturated rings. The molecule has 29 heavy (non-hydrogen) atoms. The second-order valence-corrected chi connectivity index (χ2v) is 7.81. The van der Waals surface area contributed by atoms with E-state index in [4.69, 9.17) is 4.74 Å². The number of hydrogen-bond donors (Lipinski definition) is 1. The maximum atomic E-state index is 13.4. The highest BCUT2D eigenvalue weighted by molar-refractivity contribution is 5.88. The lowest BCUT2D eigenvalue weighted by atomic mass is 9.91. The third kappa shape index (κ3) is 3.81. The Morgan fingerprint density at radius 2 is 1.86 bits per heavy atom. The van der Waals surface area contributed by atoms with Gasteiger partial charge in [-0.3, -0.25) is 9.59 Å². The van der Waals surface area contributed by atoms with E-state index in [0.29, 0.717) is 45.8 Å². The van der Waals surface area contributed by atoms with Crippen LogP contribution in [0, 0.1) is 5.92 Å². The first-order valence-electron chi connectivity index (χ1n) is 10.4.